The average molecular weight is 414 g/mol. The van der Waals surface area contributed by atoms with Crippen molar-refractivity contribution >= 4 is 34.3 Å². The van der Waals surface area contributed by atoms with E-state index in [1.165, 1.54) is 0 Å². The SMILES string of the molecule is O[C@@H]1CCN(c2ccc(-c3c(Cl)cnc4ccc(N5CCC(F)C5)nc34)cn2)C1. The molecule has 3 aromatic rings. The minimum absolute atomic E-state index is 0.299. The summed E-state index contributed by atoms with van der Waals surface area (Å²) in [5.74, 6) is 1.57. The van der Waals surface area contributed by atoms with Gasteiger partial charge in [-0.1, -0.05) is 11.6 Å². The van der Waals surface area contributed by atoms with Gasteiger partial charge in [0.2, 0.25) is 0 Å². The van der Waals surface area contributed by atoms with Gasteiger partial charge in [-0.05, 0) is 37.1 Å². The molecule has 8 heteroatoms. The van der Waals surface area contributed by atoms with Gasteiger partial charge in [-0.25, -0.2) is 14.4 Å². The predicted octanol–water partition coefficient (Wildman–Crippen LogP) is 3.46. The monoisotopic (exact) mass is 413 g/mol. The summed E-state index contributed by atoms with van der Waals surface area (Å²) in [6.45, 7) is 2.41. The van der Waals surface area contributed by atoms with E-state index in [9.17, 15) is 9.50 Å². The zero-order valence-electron chi connectivity index (χ0n) is 15.8. The van der Waals surface area contributed by atoms with Crippen molar-refractivity contribution in [3.8, 4) is 11.1 Å². The van der Waals surface area contributed by atoms with Crippen LogP contribution in [-0.2, 0) is 0 Å². The number of fused-ring (bicyclic) bond motifs is 1. The van der Waals surface area contributed by atoms with E-state index in [1.807, 2.05) is 29.2 Å². The Morgan fingerprint density at radius 2 is 1.76 bits per heavy atom. The van der Waals surface area contributed by atoms with Crippen molar-refractivity contribution in [2.24, 2.45) is 0 Å². The third-order valence-electron chi connectivity index (χ3n) is 5.63. The number of pyridine rings is 3. The van der Waals surface area contributed by atoms with Crippen molar-refractivity contribution in [3.63, 3.8) is 0 Å². The van der Waals surface area contributed by atoms with Crippen LogP contribution in [0, 0.1) is 0 Å². The smallest absolute Gasteiger partial charge is 0.129 e. The lowest BCUT2D eigenvalue weighted by molar-refractivity contribution is 0.198. The molecule has 1 N–H and O–H groups in total. The average Bonchev–Trinajstić information content (AvgIpc) is 3.36. The molecular weight excluding hydrogens is 393 g/mol. The van der Waals surface area contributed by atoms with Crippen LogP contribution in [0.5, 0.6) is 0 Å². The number of rotatable bonds is 3. The molecule has 150 valence electrons. The first-order valence-corrected chi connectivity index (χ1v) is 10.2. The number of hydrogen-bond donors (Lipinski definition) is 1. The first-order chi connectivity index (χ1) is 14.1. The summed E-state index contributed by atoms with van der Waals surface area (Å²) in [6, 6.07) is 7.69. The molecule has 6 nitrogen and oxygen atoms in total. The Balaban J connectivity index is 1.54. The Hall–Kier alpha value is -2.51. The van der Waals surface area contributed by atoms with Gasteiger partial charge in [0, 0.05) is 43.2 Å². The van der Waals surface area contributed by atoms with Crippen molar-refractivity contribution < 1.29 is 9.50 Å². The van der Waals surface area contributed by atoms with Crippen molar-refractivity contribution in [1.29, 1.82) is 0 Å². The Kier molecular flexibility index (Phi) is 4.72. The fourth-order valence-corrected chi connectivity index (χ4v) is 4.33. The second kappa shape index (κ2) is 7.39. The molecule has 2 saturated heterocycles. The summed E-state index contributed by atoms with van der Waals surface area (Å²) in [4.78, 5) is 17.8. The van der Waals surface area contributed by atoms with Crippen LogP contribution in [0.15, 0.2) is 36.7 Å². The highest BCUT2D eigenvalue weighted by Crippen LogP contribution is 2.35. The topological polar surface area (TPSA) is 65.4 Å². The van der Waals surface area contributed by atoms with Crippen molar-refractivity contribution in [2.75, 3.05) is 36.0 Å². The van der Waals surface area contributed by atoms with Gasteiger partial charge in [0.05, 0.1) is 23.2 Å². The maximum Gasteiger partial charge on any atom is 0.129 e. The van der Waals surface area contributed by atoms with Crippen LogP contribution in [0.2, 0.25) is 5.02 Å². The van der Waals surface area contributed by atoms with Gasteiger partial charge in [0.25, 0.3) is 0 Å². The lowest BCUT2D eigenvalue weighted by Gasteiger charge is -2.18. The molecule has 3 aromatic heterocycles. The number of aliphatic hydroxyl groups excluding tert-OH is 1. The molecule has 0 amide bonds. The van der Waals surface area contributed by atoms with E-state index in [0.717, 1.165) is 41.2 Å². The van der Waals surface area contributed by atoms with Crippen molar-refractivity contribution in [2.45, 2.75) is 25.1 Å². The maximum absolute atomic E-state index is 13.6. The molecule has 5 heterocycles. The standard InChI is InChI=1S/C21H21ClFN5O/c22-16-10-24-17-2-4-19(27-7-5-14(23)11-27)26-21(17)20(16)13-1-3-18(25-9-13)28-8-6-15(29)12-28/h1-4,9-10,14-15,29H,5-8,11-12H2/t14?,15-/m1/s1. The fraction of sp³-hybridized carbons (Fsp3) is 0.381. The molecule has 0 bridgehead atoms. The zero-order valence-corrected chi connectivity index (χ0v) is 16.6. The molecule has 0 saturated carbocycles. The summed E-state index contributed by atoms with van der Waals surface area (Å²) in [5.41, 5.74) is 3.04. The quantitative estimate of drug-likeness (QED) is 0.709. The molecule has 5 rings (SSSR count). The Morgan fingerprint density at radius 1 is 0.966 bits per heavy atom. The highest BCUT2D eigenvalue weighted by Gasteiger charge is 2.24. The summed E-state index contributed by atoms with van der Waals surface area (Å²) in [7, 11) is 0. The van der Waals surface area contributed by atoms with Gasteiger partial charge in [-0.15, -0.1) is 0 Å². The lowest BCUT2D eigenvalue weighted by Crippen LogP contribution is -2.22. The van der Waals surface area contributed by atoms with Crippen LogP contribution >= 0.6 is 11.6 Å². The molecule has 1 unspecified atom stereocenters. The van der Waals surface area contributed by atoms with Gasteiger partial charge in [0.1, 0.15) is 23.3 Å². The normalized spacial score (nSPS) is 22.0. The van der Waals surface area contributed by atoms with E-state index in [-0.39, 0.29) is 6.10 Å². The second-order valence-electron chi connectivity index (χ2n) is 7.64. The third-order valence-corrected chi connectivity index (χ3v) is 5.92. The molecule has 0 aliphatic carbocycles. The van der Waals surface area contributed by atoms with E-state index < -0.39 is 6.17 Å². The predicted molar refractivity (Wildman–Crippen MR) is 112 cm³/mol. The first kappa shape index (κ1) is 18.5. The second-order valence-corrected chi connectivity index (χ2v) is 8.05. The Labute approximate surface area is 173 Å². The molecule has 29 heavy (non-hydrogen) atoms. The summed E-state index contributed by atoms with van der Waals surface area (Å²) >= 11 is 6.51. The number of aliphatic hydroxyl groups is 1. The van der Waals surface area contributed by atoms with Crippen LogP contribution in [0.3, 0.4) is 0 Å². The number of nitrogens with zero attached hydrogens (tertiary/aromatic N) is 5. The number of aromatic nitrogens is 3. The fourth-order valence-electron chi connectivity index (χ4n) is 4.08. The van der Waals surface area contributed by atoms with Crippen LogP contribution in [0.1, 0.15) is 12.8 Å². The number of alkyl halides is 1. The molecule has 2 atom stereocenters. The summed E-state index contributed by atoms with van der Waals surface area (Å²) < 4.78 is 13.6. The number of anilines is 2. The van der Waals surface area contributed by atoms with Gasteiger partial charge < -0.3 is 14.9 Å². The van der Waals surface area contributed by atoms with Gasteiger partial charge in [0.15, 0.2) is 0 Å². The number of halogens is 2. The minimum atomic E-state index is -0.815. The van der Waals surface area contributed by atoms with Crippen LogP contribution in [0.4, 0.5) is 16.0 Å². The Bertz CT molecular complexity index is 1050. The largest absolute Gasteiger partial charge is 0.391 e. The highest BCUT2D eigenvalue weighted by atomic mass is 35.5. The minimum Gasteiger partial charge on any atom is -0.391 e. The molecular formula is C21H21ClFN5O. The maximum atomic E-state index is 13.6. The summed E-state index contributed by atoms with van der Waals surface area (Å²) in [5, 5.41) is 10.2. The Morgan fingerprint density at radius 3 is 2.45 bits per heavy atom. The van der Waals surface area contributed by atoms with Crippen LogP contribution < -0.4 is 9.80 Å². The van der Waals surface area contributed by atoms with Crippen LogP contribution in [-0.4, -0.2) is 58.5 Å². The van der Waals surface area contributed by atoms with E-state index in [0.29, 0.717) is 36.6 Å². The van der Waals surface area contributed by atoms with Gasteiger partial charge in [-0.3, -0.25) is 4.98 Å². The van der Waals surface area contributed by atoms with E-state index >= 15 is 0 Å². The zero-order chi connectivity index (χ0) is 20.0. The van der Waals surface area contributed by atoms with Crippen LogP contribution in [0.25, 0.3) is 22.2 Å². The van der Waals surface area contributed by atoms with Crippen molar-refractivity contribution in [3.05, 3.63) is 41.7 Å². The molecule has 0 radical (unpaired) electrons. The van der Waals surface area contributed by atoms with Crippen molar-refractivity contribution in [1.82, 2.24) is 15.0 Å². The van der Waals surface area contributed by atoms with E-state index in [4.69, 9.17) is 16.6 Å². The van der Waals surface area contributed by atoms with E-state index in [2.05, 4.69) is 14.9 Å². The molecule has 2 aliphatic rings. The van der Waals surface area contributed by atoms with E-state index in [1.54, 1.807) is 12.4 Å². The number of hydrogen-bond acceptors (Lipinski definition) is 6. The molecule has 2 aliphatic heterocycles. The highest BCUT2D eigenvalue weighted by molar-refractivity contribution is 6.34. The molecule has 2 fully saturated rings. The summed E-state index contributed by atoms with van der Waals surface area (Å²) in [6.07, 6.45) is 3.57. The van der Waals surface area contributed by atoms with Gasteiger partial charge in [-0.2, -0.15) is 0 Å². The molecule has 0 aromatic carbocycles. The number of β-amino-alcohol motifs (C(OH)–C–C–N with tert-alkyl or cyclic N) is 1. The third kappa shape index (κ3) is 3.49. The lowest BCUT2D eigenvalue weighted by atomic mass is 10.1. The first-order valence-electron chi connectivity index (χ1n) is 9.82. The molecule has 0 spiro atoms. The van der Waals surface area contributed by atoms with Gasteiger partial charge >= 0.3 is 0 Å².